The lowest BCUT2D eigenvalue weighted by Gasteiger charge is -2.27. The van der Waals surface area contributed by atoms with E-state index in [0.717, 1.165) is 16.9 Å². The highest BCUT2D eigenvalue weighted by atomic mass is 16.4. The van der Waals surface area contributed by atoms with E-state index in [2.05, 4.69) is 41.3 Å². The summed E-state index contributed by atoms with van der Waals surface area (Å²) in [5.74, 6) is -0.902. The fourth-order valence-corrected chi connectivity index (χ4v) is 3.16. The van der Waals surface area contributed by atoms with Gasteiger partial charge in [0.05, 0.1) is 5.56 Å². The highest BCUT2D eigenvalue weighted by Crippen LogP contribution is 2.37. The van der Waals surface area contributed by atoms with Crippen LogP contribution in [0.15, 0.2) is 72.8 Å². The van der Waals surface area contributed by atoms with Gasteiger partial charge in [0.1, 0.15) is 0 Å². The lowest BCUT2D eigenvalue weighted by Crippen LogP contribution is -2.17. The molecule has 0 aliphatic carbocycles. The molecule has 0 aromatic heterocycles. The molecule has 3 aromatic carbocycles. The van der Waals surface area contributed by atoms with E-state index in [1.807, 2.05) is 36.4 Å². The van der Waals surface area contributed by atoms with Crippen molar-refractivity contribution in [2.45, 2.75) is 6.54 Å². The minimum Gasteiger partial charge on any atom is -0.478 e. The average Bonchev–Trinajstić information content (AvgIpc) is 2.80. The molecule has 0 saturated heterocycles. The third kappa shape index (κ3) is 2.92. The van der Waals surface area contributed by atoms with Crippen molar-refractivity contribution in [3.63, 3.8) is 0 Å². The molecule has 1 heterocycles. The Labute approximate surface area is 146 Å². The number of nitrogens with zero attached hydrogens (tertiary/aromatic N) is 1. The van der Waals surface area contributed by atoms with Crippen LogP contribution in [0.5, 0.6) is 0 Å². The topological polar surface area (TPSA) is 40.5 Å². The van der Waals surface area contributed by atoms with E-state index in [-0.39, 0.29) is 0 Å². The number of hydrogen-bond donors (Lipinski definition) is 1. The summed E-state index contributed by atoms with van der Waals surface area (Å²) in [5.41, 5.74) is 6.00. The molecule has 3 aromatic rings. The van der Waals surface area contributed by atoms with Gasteiger partial charge in [-0.25, -0.2) is 4.79 Å². The Bertz CT molecular complexity index is 908. The van der Waals surface area contributed by atoms with Crippen LogP contribution in [-0.2, 0) is 6.54 Å². The Morgan fingerprint density at radius 3 is 1.80 bits per heavy atom. The molecular weight excluding hydrogens is 310 g/mol. The number of anilines is 2. The Balaban J connectivity index is 1.77. The van der Waals surface area contributed by atoms with E-state index in [1.165, 1.54) is 11.1 Å². The number of benzene rings is 3. The first-order valence-electron chi connectivity index (χ1n) is 8.18. The minimum absolute atomic E-state index is 0.307. The standard InChI is InChI=1S/C22H17NO2/c24-22(25)19-11-9-16(10-12-19)15-23-20-7-3-1-5-17(20)13-14-18-6-2-4-8-21(18)23/h1-14H,15H2,(H,24,25). The molecule has 1 N–H and O–H groups in total. The summed E-state index contributed by atoms with van der Waals surface area (Å²) in [5, 5.41) is 9.08. The van der Waals surface area contributed by atoms with Crippen LogP contribution in [0.3, 0.4) is 0 Å². The summed E-state index contributed by atoms with van der Waals surface area (Å²) >= 11 is 0. The monoisotopic (exact) mass is 327 g/mol. The third-order valence-corrected chi connectivity index (χ3v) is 4.44. The van der Waals surface area contributed by atoms with Gasteiger partial charge in [0.25, 0.3) is 0 Å². The predicted molar refractivity (Wildman–Crippen MR) is 101 cm³/mol. The highest BCUT2D eigenvalue weighted by molar-refractivity contribution is 5.89. The molecule has 3 nitrogen and oxygen atoms in total. The Morgan fingerprint density at radius 1 is 0.760 bits per heavy atom. The summed E-state index contributed by atoms with van der Waals surface area (Å²) in [4.78, 5) is 13.3. The van der Waals surface area contributed by atoms with Crippen LogP contribution in [0.25, 0.3) is 12.2 Å². The number of carbonyl (C=O) groups is 1. The lowest BCUT2D eigenvalue weighted by molar-refractivity contribution is 0.0697. The van der Waals surface area contributed by atoms with Gasteiger partial charge in [0.15, 0.2) is 0 Å². The number of hydrogen-bond acceptors (Lipinski definition) is 2. The molecule has 4 rings (SSSR count). The second-order valence-electron chi connectivity index (χ2n) is 6.04. The summed E-state index contributed by atoms with van der Waals surface area (Å²) in [6.07, 6.45) is 4.28. The van der Waals surface area contributed by atoms with Crippen LogP contribution >= 0.6 is 0 Å². The average molecular weight is 327 g/mol. The number of carboxylic acids is 1. The largest absolute Gasteiger partial charge is 0.478 e. The van der Waals surface area contributed by atoms with Crippen molar-refractivity contribution in [3.05, 3.63) is 95.1 Å². The van der Waals surface area contributed by atoms with Gasteiger partial charge in [-0.1, -0.05) is 60.7 Å². The van der Waals surface area contributed by atoms with Crippen molar-refractivity contribution in [3.8, 4) is 0 Å². The molecule has 0 radical (unpaired) electrons. The van der Waals surface area contributed by atoms with E-state index >= 15 is 0 Å². The van der Waals surface area contributed by atoms with Gasteiger partial charge in [-0.15, -0.1) is 0 Å². The maximum absolute atomic E-state index is 11.1. The van der Waals surface area contributed by atoms with Gasteiger partial charge in [-0.05, 0) is 41.0 Å². The first-order chi connectivity index (χ1) is 12.2. The maximum atomic E-state index is 11.1. The third-order valence-electron chi connectivity index (χ3n) is 4.44. The van der Waals surface area contributed by atoms with Crippen molar-refractivity contribution in [2.24, 2.45) is 0 Å². The van der Waals surface area contributed by atoms with Gasteiger partial charge in [0.2, 0.25) is 0 Å². The summed E-state index contributed by atoms with van der Waals surface area (Å²) in [6, 6.07) is 23.7. The molecule has 25 heavy (non-hydrogen) atoms. The van der Waals surface area contributed by atoms with Crippen molar-refractivity contribution in [1.29, 1.82) is 0 Å². The number of carboxylic acid groups (broad SMARTS) is 1. The SMILES string of the molecule is O=C(O)c1ccc(CN2c3ccccc3C=Cc3ccccc32)cc1. The fraction of sp³-hybridized carbons (Fsp3) is 0.0455. The molecule has 0 amide bonds. The summed E-state index contributed by atoms with van der Waals surface area (Å²) in [7, 11) is 0. The first kappa shape index (κ1) is 15.2. The molecule has 0 spiro atoms. The van der Waals surface area contributed by atoms with E-state index < -0.39 is 5.97 Å². The van der Waals surface area contributed by atoms with Crippen molar-refractivity contribution < 1.29 is 9.90 Å². The molecular formula is C22H17NO2. The Hall–Kier alpha value is -3.33. The fourth-order valence-electron chi connectivity index (χ4n) is 3.16. The zero-order valence-corrected chi connectivity index (χ0v) is 13.6. The van der Waals surface area contributed by atoms with E-state index in [1.54, 1.807) is 12.1 Å². The van der Waals surface area contributed by atoms with Crippen LogP contribution in [0.1, 0.15) is 27.0 Å². The molecule has 0 unspecified atom stereocenters. The van der Waals surface area contributed by atoms with Crippen LogP contribution in [-0.4, -0.2) is 11.1 Å². The smallest absolute Gasteiger partial charge is 0.335 e. The summed E-state index contributed by atoms with van der Waals surface area (Å²) < 4.78 is 0. The van der Waals surface area contributed by atoms with Gasteiger partial charge < -0.3 is 10.0 Å². The second-order valence-corrected chi connectivity index (χ2v) is 6.04. The minimum atomic E-state index is -0.902. The van der Waals surface area contributed by atoms with Crippen LogP contribution in [0, 0.1) is 0 Å². The first-order valence-corrected chi connectivity index (χ1v) is 8.18. The normalized spacial score (nSPS) is 12.2. The van der Waals surface area contributed by atoms with Gasteiger partial charge >= 0.3 is 5.97 Å². The lowest BCUT2D eigenvalue weighted by atomic mass is 10.1. The number of rotatable bonds is 3. The van der Waals surface area contributed by atoms with Crippen LogP contribution < -0.4 is 4.90 Å². The molecule has 0 atom stereocenters. The van der Waals surface area contributed by atoms with Gasteiger partial charge in [0, 0.05) is 17.9 Å². The summed E-state index contributed by atoms with van der Waals surface area (Å²) in [6.45, 7) is 0.676. The highest BCUT2D eigenvalue weighted by Gasteiger charge is 2.17. The molecule has 3 heteroatoms. The van der Waals surface area contributed by atoms with Crippen molar-refractivity contribution >= 4 is 29.5 Å². The molecule has 0 fully saturated rings. The molecule has 122 valence electrons. The number of fused-ring (bicyclic) bond motifs is 2. The molecule has 0 bridgehead atoms. The molecule has 1 aliphatic rings. The van der Waals surface area contributed by atoms with E-state index in [0.29, 0.717) is 12.1 Å². The van der Waals surface area contributed by atoms with Crippen molar-refractivity contribution in [1.82, 2.24) is 0 Å². The number of para-hydroxylation sites is 2. The van der Waals surface area contributed by atoms with E-state index in [9.17, 15) is 4.79 Å². The van der Waals surface area contributed by atoms with E-state index in [4.69, 9.17) is 5.11 Å². The van der Waals surface area contributed by atoms with Crippen molar-refractivity contribution in [2.75, 3.05) is 4.90 Å². The number of aromatic carboxylic acids is 1. The zero-order chi connectivity index (χ0) is 17.2. The maximum Gasteiger partial charge on any atom is 0.335 e. The zero-order valence-electron chi connectivity index (χ0n) is 13.6. The van der Waals surface area contributed by atoms with Crippen LogP contribution in [0.2, 0.25) is 0 Å². The predicted octanol–water partition coefficient (Wildman–Crippen LogP) is 5.21. The Morgan fingerprint density at radius 2 is 1.28 bits per heavy atom. The van der Waals surface area contributed by atoms with Gasteiger partial charge in [-0.2, -0.15) is 0 Å². The van der Waals surface area contributed by atoms with Gasteiger partial charge in [-0.3, -0.25) is 0 Å². The van der Waals surface area contributed by atoms with Crippen LogP contribution in [0.4, 0.5) is 11.4 Å². The second kappa shape index (κ2) is 6.29. The Kier molecular flexibility index (Phi) is 3.82. The quantitative estimate of drug-likeness (QED) is 0.718. The molecule has 1 aliphatic heterocycles. The molecule has 0 saturated carbocycles.